The third-order valence-electron chi connectivity index (χ3n) is 1.62. The van der Waals surface area contributed by atoms with Crippen LogP contribution in [0.5, 0.6) is 0 Å². The van der Waals surface area contributed by atoms with Gasteiger partial charge in [0.15, 0.2) is 5.78 Å². The van der Waals surface area contributed by atoms with Crippen molar-refractivity contribution in [3.8, 4) is 0 Å². The van der Waals surface area contributed by atoms with Gasteiger partial charge in [-0.1, -0.05) is 0 Å². The highest BCUT2D eigenvalue weighted by Crippen LogP contribution is 2.23. The molecule has 0 aromatic heterocycles. The Morgan fingerprint density at radius 1 is 1.19 bits per heavy atom. The third kappa shape index (κ3) is 6.42. The maximum atomic E-state index is 11.9. The molecule has 0 amide bonds. The zero-order valence-electron chi connectivity index (χ0n) is 9.64. The molecule has 6 heteroatoms. The summed E-state index contributed by atoms with van der Waals surface area (Å²) in [6.45, 7) is 5.84. The van der Waals surface area contributed by atoms with E-state index in [2.05, 4.69) is 0 Å². The first-order valence-corrected chi connectivity index (χ1v) is 4.75. The lowest BCUT2D eigenvalue weighted by atomic mass is 10.0. The Bertz CT molecular complexity index is 248. The van der Waals surface area contributed by atoms with Gasteiger partial charge in [-0.3, -0.25) is 9.59 Å². The number of halogens is 3. The molecule has 0 heterocycles. The van der Waals surface area contributed by atoms with E-state index in [4.69, 9.17) is 4.74 Å². The van der Waals surface area contributed by atoms with Crippen molar-refractivity contribution in [2.24, 2.45) is 5.92 Å². The summed E-state index contributed by atoms with van der Waals surface area (Å²) in [4.78, 5) is 22.3. The van der Waals surface area contributed by atoms with Crippen molar-refractivity contribution in [2.45, 2.75) is 45.9 Å². The Morgan fingerprint density at radius 2 is 1.62 bits per heavy atom. The molecule has 0 spiro atoms. The Morgan fingerprint density at radius 3 is 1.94 bits per heavy atom. The lowest BCUT2D eigenvalue weighted by molar-refractivity contribution is -0.167. The first-order chi connectivity index (χ1) is 6.92. The van der Waals surface area contributed by atoms with Crippen molar-refractivity contribution >= 4 is 11.8 Å². The van der Waals surface area contributed by atoms with E-state index in [0.717, 1.165) is 6.92 Å². The van der Waals surface area contributed by atoms with Gasteiger partial charge in [-0.05, 0) is 27.7 Å². The van der Waals surface area contributed by atoms with Crippen molar-refractivity contribution in [1.82, 2.24) is 0 Å². The molecule has 0 fully saturated rings. The van der Waals surface area contributed by atoms with E-state index in [1.807, 2.05) is 0 Å². The number of ether oxygens (including phenoxy) is 1. The maximum absolute atomic E-state index is 11.9. The molecule has 0 aromatic rings. The van der Waals surface area contributed by atoms with E-state index in [1.165, 1.54) is 0 Å². The Balaban J connectivity index is 4.40. The van der Waals surface area contributed by atoms with Crippen molar-refractivity contribution in [3.63, 3.8) is 0 Å². The molecule has 16 heavy (non-hydrogen) atoms. The molecule has 0 radical (unpaired) electrons. The molecule has 1 unspecified atom stereocenters. The minimum atomic E-state index is -4.59. The predicted octanol–water partition coefficient (Wildman–Crippen LogP) is 2.49. The molecular formula is C10H15F3O3. The van der Waals surface area contributed by atoms with Crippen molar-refractivity contribution in [2.75, 3.05) is 0 Å². The molecule has 0 aliphatic rings. The van der Waals surface area contributed by atoms with Crippen LogP contribution in [0.15, 0.2) is 0 Å². The van der Waals surface area contributed by atoms with Gasteiger partial charge in [-0.2, -0.15) is 13.2 Å². The number of ketones is 1. The summed E-state index contributed by atoms with van der Waals surface area (Å²) in [5.41, 5.74) is -0.816. The van der Waals surface area contributed by atoms with Crippen LogP contribution >= 0.6 is 0 Å². The number of carbonyl (C=O) groups is 2. The molecule has 1 atom stereocenters. The van der Waals surface area contributed by atoms with Crippen LogP contribution < -0.4 is 0 Å². The number of Topliss-reactive ketones (excluding diaryl/α,β-unsaturated/α-hetero) is 1. The molecule has 0 saturated carbocycles. The smallest absolute Gasteiger partial charge is 0.395 e. The fourth-order valence-corrected chi connectivity index (χ4v) is 0.872. The highest BCUT2D eigenvalue weighted by molar-refractivity contribution is 5.98. The Kier molecular flexibility index (Phi) is 4.52. The van der Waals surface area contributed by atoms with Gasteiger partial charge in [0.25, 0.3) is 0 Å². The number of esters is 1. The van der Waals surface area contributed by atoms with Gasteiger partial charge in [-0.15, -0.1) is 0 Å². The van der Waals surface area contributed by atoms with Crippen LogP contribution in [-0.4, -0.2) is 23.5 Å². The van der Waals surface area contributed by atoms with E-state index in [1.54, 1.807) is 20.8 Å². The fourth-order valence-electron chi connectivity index (χ4n) is 0.872. The zero-order valence-corrected chi connectivity index (χ0v) is 9.64. The van der Waals surface area contributed by atoms with Gasteiger partial charge in [0.1, 0.15) is 17.9 Å². The quantitative estimate of drug-likeness (QED) is 0.562. The maximum Gasteiger partial charge on any atom is 0.395 e. The van der Waals surface area contributed by atoms with E-state index in [0.29, 0.717) is 0 Å². The second-order valence-electron chi connectivity index (χ2n) is 4.51. The van der Waals surface area contributed by atoms with Gasteiger partial charge in [0.2, 0.25) is 0 Å². The minimum absolute atomic E-state index is 0.816. The van der Waals surface area contributed by atoms with Crippen molar-refractivity contribution in [1.29, 1.82) is 0 Å². The van der Waals surface area contributed by atoms with Crippen molar-refractivity contribution < 1.29 is 27.5 Å². The van der Waals surface area contributed by atoms with Crippen LogP contribution in [0, 0.1) is 5.92 Å². The van der Waals surface area contributed by atoms with Crippen LogP contribution in [0.25, 0.3) is 0 Å². The highest BCUT2D eigenvalue weighted by Gasteiger charge is 2.36. The van der Waals surface area contributed by atoms with Gasteiger partial charge < -0.3 is 4.74 Å². The molecule has 0 saturated heterocycles. The van der Waals surface area contributed by atoms with Crippen molar-refractivity contribution in [3.05, 3.63) is 0 Å². The van der Waals surface area contributed by atoms with Gasteiger partial charge >= 0.3 is 12.1 Å². The summed E-state index contributed by atoms with van der Waals surface area (Å²) >= 11 is 0. The number of alkyl halides is 3. The Labute approximate surface area is 92.0 Å². The first kappa shape index (κ1) is 14.9. The summed E-state index contributed by atoms with van der Waals surface area (Å²) in [5.74, 6) is -3.50. The normalized spacial score (nSPS) is 14.4. The molecule has 0 aliphatic carbocycles. The Hall–Kier alpha value is -1.07. The van der Waals surface area contributed by atoms with Gasteiger partial charge in [0, 0.05) is 0 Å². The molecule has 0 aromatic carbocycles. The van der Waals surface area contributed by atoms with E-state index in [-0.39, 0.29) is 0 Å². The number of hydrogen-bond acceptors (Lipinski definition) is 3. The van der Waals surface area contributed by atoms with Gasteiger partial charge in [0.05, 0.1) is 0 Å². The van der Waals surface area contributed by atoms with E-state index in [9.17, 15) is 22.8 Å². The zero-order chi connectivity index (χ0) is 13.1. The lowest BCUT2D eigenvalue weighted by Gasteiger charge is -2.21. The molecule has 94 valence electrons. The fraction of sp³-hybridized carbons (Fsp3) is 0.800. The summed E-state index contributed by atoms with van der Waals surface area (Å²) in [6.07, 6.45) is -6.19. The molecule has 3 nitrogen and oxygen atoms in total. The molecule has 0 bridgehead atoms. The van der Waals surface area contributed by atoms with Crippen LogP contribution in [0.1, 0.15) is 34.1 Å². The third-order valence-corrected chi connectivity index (χ3v) is 1.62. The highest BCUT2D eigenvalue weighted by atomic mass is 19.4. The van der Waals surface area contributed by atoms with Crippen LogP contribution in [0.2, 0.25) is 0 Å². The predicted molar refractivity (Wildman–Crippen MR) is 50.7 cm³/mol. The summed E-state index contributed by atoms with van der Waals surface area (Å²) in [6, 6.07) is 0. The standard InChI is InChI=1S/C10H15F3O3/c1-6(7(14)5-10(11,12)13)8(15)16-9(2,3)4/h6H,5H2,1-4H3. The minimum Gasteiger partial charge on any atom is -0.459 e. The second-order valence-corrected chi connectivity index (χ2v) is 4.51. The first-order valence-electron chi connectivity index (χ1n) is 4.75. The largest absolute Gasteiger partial charge is 0.459 e. The van der Waals surface area contributed by atoms with E-state index >= 15 is 0 Å². The van der Waals surface area contributed by atoms with E-state index < -0.39 is 35.9 Å². The average molecular weight is 240 g/mol. The number of carbonyl (C=O) groups excluding carboxylic acids is 2. The molecule has 0 rings (SSSR count). The molecular weight excluding hydrogens is 225 g/mol. The van der Waals surface area contributed by atoms with Crippen LogP contribution in [-0.2, 0) is 14.3 Å². The average Bonchev–Trinajstić information content (AvgIpc) is 1.96. The van der Waals surface area contributed by atoms with Crippen LogP contribution in [0.4, 0.5) is 13.2 Å². The number of hydrogen-bond donors (Lipinski definition) is 0. The summed E-state index contributed by atoms with van der Waals surface area (Å²) in [5, 5.41) is 0. The summed E-state index contributed by atoms with van der Waals surface area (Å²) in [7, 11) is 0. The lowest BCUT2D eigenvalue weighted by Crippen LogP contribution is -2.32. The SMILES string of the molecule is CC(C(=O)CC(F)(F)F)C(=O)OC(C)(C)C. The second kappa shape index (κ2) is 4.84. The monoisotopic (exact) mass is 240 g/mol. The number of rotatable bonds is 3. The molecule has 0 N–H and O–H groups in total. The van der Waals surface area contributed by atoms with Crippen LogP contribution in [0.3, 0.4) is 0 Å². The summed E-state index contributed by atoms with van der Waals surface area (Å²) < 4.78 is 40.5. The topological polar surface area (TPSA) is 43.4 Å². The van der Waals surface area contributed by atoms with Gasteiger partial charge in [-0.25, -0.2) is 0 Å². The molecule has 0 aliphatic heterocycles.